The minimum atomic E-state index is -0.0505. The van der Waals surface area contributed by atoms with Gasteiger partial charge in [-0.05, 0) is 18.6 Å². The summed E-state index contributed by atoms with van der Waals surface area (Å²) >= 11 is 0. The summed E-state index contributed by atoms with van der Waals surface area (Å²) in [5.74, 6) is 0.697. The summed E-state index contributed by atoms with van der Waals surface area (Å²) in [6.45, 7) is 11.2. The molecule has 144 valence electrons. The maximum atomic E-state index is 12.6. The van der Waals surface area contributed by atoms with Crippen molar-refractivity contribution in [2.24, 2.45) is 0 Å². The zero-order valence-corrected chi connectivity index (χ0v) is 15.9. The third-order valence-corrected chi connectivity index (χ3v) is 5.18. The van der Waals surface area contributed by atoms with Crippen LogP contribution in [0.25, 0.3) is 0 Å². The first-order valence-electron chi connectivity index (χ1n) is 9.39. The van der Waals surface area contributed by atoms with Gasteiger partial charge in [0.25, 0.3) is 0 Å². The predicted molar refractivity (Wildman–Crippen MR) is 102 cm³/mol. The molecule has 0 atom stereocenters. The lowest BCUT2D eigenvalue weighted by atomic mass is 10.2. The number of carbonyl (C=O) groups is 1. The number of amides is 2. The van der Waals surface area contributed by atoms with E-state index in [0.29, 0.717) is 5.75 Å². The van der Waals surface area contributed by atoms with Gasteiger partial charge in [-0.3, -0.25) is 9.80 Å². The smallest absolute Gasteiger partial charge is 0.322 e. The van der Waals surface area contributed by atoms with Crippen molar-refractivity contribution in [3.8, 4) is 5.75 Å². The molecule has 0 saturated carbocycles. The number of aryl methyl sites for hydroxylation is 1. The first-order chi connectivity index (χ1) is 12.7. The first kappa shape index (κ1) is 18.9. The maximum absolute atomic E-state index is 12.6. The van der Waals surface area contributed by atoms with Gasteiger partial charge in [-0.1, -0.05) is 12.1 Å². The Bertz CT molecular complexity index is 596. The van der Waals surface area contributed by atoms with E-state index >= 15 is 0 Å². The van der Waals surface area contributed by atoms with Crippen LogP contribution in [0.2, 0.25) is 0 Å². The number of benzene rings is 1. The highest BCUT2D eigenvalue weighted by Crippen LogP contribution is 2.28. The van der Waals surface area contributed by atoms with Crippen LogP contribution in [0, 0.1) is 6.92 Å². The molecule has 2 aliphatic heterocycles. The fourth-order valence-electron chi connectivity index (χ4n) is 3.44. The third kappa shape index (κ3) is 4.87. The van der Waals surface area contributed by atoms with E-state index in [0.717, 1.165) is 76.8 Å². The number of rotatable bonds is 5. The van der Waals surface area contributed by atoms with Crippen molar-refractivity contribution in [1.82, 2.24) is 14.7 Å². The molecule has 2 fully saturated rings. The molecule has 7 nitrogen and oxygen atoms in total. The van der Waals surface area contributed by atoms with Crippen molar-refractivity contribution < 1.29 is 14.3 Å². The molecule has 7 heteroatoms. The second-order valence-corrected chi connectivity index (χ2v) is 6.87. The number of piperazine rings is 1. The molecule has 1 aromatic rings. The van der Waals surface area contributed by atoms with Crippen LogP contribution in [0.1, 0.15) is 5.56 Å². The number of nitrogens with zero attached hydrogens (tertiary/aromatic N) is 3. The third-order valence-electron chi connectivity index (χ3n) is 5.18. The van der Waals surface area contributed by atoms with Crippen molar-refractivity contribution >= 4 is 11.7 Å². The topological polar surface area (TPSA) is 57.3 Å². The van der Waals surface area contributed by atoms with Crippen LogP contribution in [-0.2, 0) is 4.74 Å². The maximum Gasteiger partial charge on any atom is 0.322 e. The molecule has 3 rings (SSSR count). The van der Waals surface area contributed by atoms with Crippen LogP contribution in [0.15, 0.2) is 18.2 Å². The second kappa shape index (κ2) is 9.21. The van der Waals surface area contributed by atoms with Gasteiger partial charge in [-0.2, -0.15) is 0 Å². The van der Waals surface area contributed by atoms with E-state index in [1.807, 2.05) is 30.0 Å². The highest BCUT2D eigenvalue weighted by Gasteiger charge is 2.23. The molecule has 2 heterocycles. The molecule has 0 spiro atoms. The molecule has 0 bridgehead atoms. The van der Waals surface area contributed by atoms with Gasteiger partial charge in [0.05, 0.1) is 26.0 Å². The van der Waals surface area contributed by atoms with Gasteiger partial charge < -0.3 is 19.7 Å². The summed E-state index contributed by atoms with van der Waals surface area (Å²) in [5.41, 5.74) is 1.76. The molecular weight excluding hydrogens is 332 g/mol. The Morgan fingerprint density at radius 1 is 1.08 bits per heavy atom. The van der Waals surface area contributed by atoms with E-state index in [2.05, 4.69) is 15.1 Å². The normalized spacial score (nSPS) is 19.4. The summed E-state index contributed by atoms with van der Waals surface area (Å²) in [6.07, 6.45) is 0. The van der Waals surface area contributed by atoms with E-state index in [1.54, 1.807) is 7.11 Å². The molecule has 0 unspecified atom stereocenters. The standard InChI is InChI=1S/C19H30N4O3/c1-16-4-3-5-17(25-2)18(16)20-19(24)23-10-8-21(9-11-23)6-7-22-12-14-26-15-13-22/h3-5H,6-15H2,1-2H3,(H,20,24). The lowest BCUT2D eigenvalue weighted by Crippen LogP contribution is -2.52. The van der Waals surface area contributed by atoms with Gasteiger partial charge in [0, 0.05) is 52.4 Å². The first-order valence-corrected chi connectivity index (χ1v) is 9.39. The fourth-order valence-corrected chi connectivity index (χ4v) is 3.44. The molecule has 2 aliphatic rings. The Hall–Kier alpha value is -1.83. The molecule has 2 saturated heterocycles. The molecule has 1 aromatic carbocycles. The number of hydrogen-bond acceptors (Lipinski definition) is 5. The summed E-state index contributed by atoms with van der Waals surface area (Å²) in [6, 6.07) is 5.72. The van der Waals surface area contributed by atoms with Gasteiger partial charge >= 0.3 is 6.03 Å². The second-order valence-electron chi connectivity index (χ2n) is 6.87. The Balaban J connectivity index is 1.45. The number of anilines is 1. The van der Waals surface area contributed by atoms with Crippen LogP contribution in [0.4, 0.5) is 10.5 Å². The van der Waals surface area contributed by atoms with Gasteiger partial charge in [0.2, 0.25) is 0 Å². The number of methoxy groups -OCH3 is 1. The number of urea groups is 1. The molecule has 0 aromatic heterocycles. The van der Waals surface area contributed by atoms with Crippen molar-refractivity contribution in [1.29, 1.82) is 0 Å². The predicted octanol–water partition coefficient (Wildman–Crippen LogP) is 1.49. The zero-order chi connectivity index (χ0) is 18.4. The van der Waals surface area contributed by atoms with Crippen molar-refractivity contribution in [2.45, 2.75) is 6.92 Å². The molecule has 2 amide bonds. The summed E-state index contributed by atoms with van der Waals surface area (Å²) in [7, 11) is 1.62. The van der Waals surface area contributed by atoms with E-state index in [1.165, 1.54) is 0 Å². The number of nitrogens with one attached hydrogen (secondary N) is 1. The quantitative estimate of drug-likeness (QED) is 0.860. The molecule has 0 radical (unpaired) electrons. The number of para-hydroxylation sites is 1. The summed E-state index contributed by atoms with van der Waals surface area (Å²) < 4.78 is 10.8. The van der Waals surface area contributed by atoms with E-state index in [9.17, 15) is 4.79 Å². The number of carbonyl (C=O) groups excluding carboxylic acids is 1. The Morgan fingerprint density at radius 2 is 1.73 bits per heavy atom. The zero-order valence-electron chi connectivity index (χ0n) is 15.9. The summed E-state index contributed by atoms with van der Waals surface area (Å²) in [5, 5.41) is 3.02. The van der Waals surface area contributed by atoms with Crippen LogP contribution in [-0.4, -0.2) is 93.4 Å². The number of morpholine rings is 1. The van der Waals surface area contributed by atoms with Crippen molar-refractivity contribution in [2.75, 3.05) is 78.0 Å². The van der Waals surface area contributed by atoms with Crippen LogP contribution in [0.3, 0.4) is 0 Å². The van der Waals surface area contributed by atoms with Crippen LogP contribution >= 0.6 is 0 Å². The Labute approximate surface area is 155 Å². The molecule has 0 aliphatic carbocycles. The Morgan fingerprint density at radius 3 is 2.38 bits per heavy atom. The molecular formula is C19H30N4O3. The summed E-state index contributed by atoms with van der Waals surface area (Å²) in [4.78, 5) is 19.4. The minimum Gasteiger partial charge on any atom is -0.495 e. The van der Waals surface area contributed by atoms with Gasteiger partial charge in [0.1, 0.15) is 5.75 Å². The molecule has 1 N–H and O–H groups in total. The lowest BCUT2D eigenvalue weighted by Gasteiger charge is -2.36. The van der Waals surface area contributed by atoms with Crippen LogP contribution < -0.4 is 10.1 Å². The van der Waals surface area contributed by atoms with Gasteiger partial charge in [0.15, 0.2) is 0 Å². The SMILES string of the molecule is COc1cccc(C)c1NC(=O)N1CCN(CCN2CCOCC2)CC1. The van der Waals surface area contributed by atoms with Gasteiger partial charge in [-0.15, -0.1) is 0 Å². The largest absolute Gasteiger partial charge is 0.495 e. The fraction of sp³-hybridized carbons (Fsp3) is 0.632. The van der Waals surface area contributed by atoms with Crippen molar-refractivity contribution in [3.63, 3.8) is 0 Å². The van der Waals surface area contributed by atoms with E-state index < -0.39 is 0 Å². The van der Waals surface area contributed by atoms with Crippen molar-refractivity contribution in [3.05, 3.63) is 23.8 Å². The molecule has 26 heavy (non-hydrogen) atoms. The monoisotopic (exact) mass is 362 g/mol. The Kier molecular flexibility index (Phi) is 6.71. The van der Waals surface area contributed by atoms with E-state index in [-0.39, 0.29) is 6.03 Å². The number of hydrogen-bond donors (Lipinski definition) is 1. The number of ether oxygens (including phenoxy) is 2. The van der Waals surface area contributed by atoms with Gasteiger partial charge in [-0.25, -0.2) is 4.79 Å². The highest BCUT2D eigenvalue weighted by atomic mass is 16.5. The minimum absolute atomic E-state index is 0.0505. The van der Waals surface area contributed by atoms with E-state index in [4.69, 9.17) is 9.47 Å². The van der Waals surface area contributed by atoms with Crippen LogP contribution in [0.5, 0.6) is 5.75 Å². The highest BCUT2D eigenvalue weighted by molar-refractivity contribution is 5.92. The average Bonchev–Trinajstić information content (AvgIpc) is 2.69. The average molecular weight is 362 g/mol. The lowest BCUT2D eigenvalue weighted by molar-refractivity contribution is 0.0311.